The third-order valence-corrected chi connectivity index (χ3v) is 4.81. The minimum Gasteiger partial charge on any atom is -0.504 e. The molecule has 0 bridgehead atoms. The molecule has 1 atom stereocenters. The Balaban J connectivity index is 1.91. The molecule has 2 aliphatic rings. The molecule has 1 N–H and O–H groups in total. The second kappa shape index (κ2) is 6.16. The second-order valence-corrected chi connectivity index (χ2v) is 6.78. The number of carbonyl (C=O) groups excluding carboxylic acids is 2. The van der Waals surface area contributed by atoms with Crippen LogP contribution in [0.3, 0.4) is 0 Å². The van der Waals surface area contributed by atoms with Crippen molar-refractivity contribution in [2.75, 3.05) is 7.11 Å². The van der Waals surface area contributed by atoms with Gasteiger partial charge in [0.05, 0.1) is 19.1 Å². The standard InChI is InChI=1S/C21H18O6/c1-10(2)20-19(24)12-5-7-15-18(21(12)27-20)13(9-17(23)26-15)11-4-6-14(22)16(8-11)25-3/h4-8,13,22H,9H2,1-3H3/t13-/m0/s1. The molecule has 0 aromatic heterocycles. The number of phenols is 1. The van der Waals surface area contributed by atoms with Gasteiger partial charge < -0.3 is 19.3 Å². The van der Waals surface area contributed by atoms with Gasteiger partial charge in [0.25, 0.3) is 0 Å². The average Bonchev–Trinajstić information content (AvgIpc) is 2.98. The number of ketones is 1. The molecule has 0 amide bonds. The first-order chi connectivity index (χ1) is 12.9. The molecule has 4 rings (SSSR count). The highest BCUT2D eigenvalue weighted by atomic mass is 16.5. The van der Waals surface area contributed by atoms with E-state index in [2.05, 4.69) is 0 Å². The number of fused-ring (bicyclic) bond motifs is 3. The Bertz CT molecular complexity index is 1010. The summed E-state index contributed by atoms with van der Waals surface area (Å²) in [4.78, 5) is 24.8. The minimum atomic E-state index is -0.380. The summed E-state index contributed by atoms with van der Waals surface area (Å²) in [5, 5.41) is 9.87. The predicted octanol–water partition coefficient (Wildman–Crippen LogP) is 3.71. The molecule has 6 nitrogen and oxygen atoms in total. The van der Waals surface area contributed by atoms with Crippen LogP contribution in [-0.2, 0) is 4.79 Å². The molecular formula is C21H18O6. The zero-order chi connectivity index (χ0) is 19.3. The molecule has 0 spiro atoms. The van der Waals surface area contributed by atoms with Crippen molar-refractivity contribution in [1.82, 2.24) is 0 Å². The molecule has 138 valence electrons. The van der Waals surface area contributed by atoms with Crippen molar-refractivity contribution < 1.29 is 28.9 Å². The molecule has 2 aromatic carbocycles. The van der Waals surface area contributed by atoms with Gasteiger partial charge in [0, 0.05) is 11.5 Å². The summed E-state index contributed by atoms with van der Waals surface area (Å²) in [6, 6.07) is 8.18. The fourth-order valence-corrected chi connectivity index (χ4v) is 3.52. The highest BCUT2D eigenvalue weighted by molar-refractivity contribution is 6.13. The SMILES string of the molecule is COc1cc([C@@H]2CC(=O)Oc3ccc4c(c32)OC(=C(C)C)C4=O)ccc1O. The quantitative estimate of drug-likeness (QED) is 0.496. The third-order valence-electron chi connectivity index (χ3n) is 4.81. The van der Waals surface area contributed by atoms with Gasteiger partial charge in [-0.3, -0.25) is 9.59 Å². The molecule has 0 saturated heterocycles. The molecule has 0 aliphatic carbocycles. The van der Waals surface area contributed by atoms with Gasteiger partial charge in [-0.05, 0) is 49.2 Å². The van der Waals surface area contributed by atoms with E-state index >= 15 is 0 Å². The lowest BCUT2D eigenvalue weighted by atomic mass is 9.84. The number of aromatic hydroxyl groups is 1. The summed E-state index contributed by atoms with van der Waals surface area (Å²) in [6.45, 7) is 3.63. The minimum absolute atomic E-state index is 0.0106. The molecule has 2 heterocycles. The summed E-state index contributed by atoms with van der Waals surface area (Å²) in [6.07, 6.45) is 0.0963. The first-order valence-electron chi connectivity index (χ1n) is 8.55. The molecule has 0 radical (unpaired) electrons. The van der Waals surface area contributed by atoms with Crippen LogP contribution < -0.4 is 14.2 Å². The number of methoxy groups -OCH3 is 1. The Hall–Kier alpha value is -3.28. The van der Waals surface area contributed by atoms with E-state index in [9.17, 15) is 14.7 Å². The highest BCUT2D eigenvalue weighted by Crippen LogP contribution is 2.49. The molecule has 0 unspecified atom stereocenters. The monoisotopic (exact) mass is 366 g/mol. The summed E-state index contributed by atoms with van der Waals surface area (Å²) in [5.41, 5.74) is 2.65. The zero-order valence-electron chi connectivity index (χ0n) is 15.2. The van der Waals surface area contributed by atoms with Crippen LogP contribution in [0.1, 0.15) is 47.7 Å². The van der Waals surface area contributed by atoms with Crippen molar-refractivity contribution in [2.45, 2.75) is 26.2 Å². The third kappa shape index (κ3) is 2.65. The largest absolute Gasteiger partial charge is 0.504 e. The summed E-state index contributed by atoms with van der Waals surface area (Å²) >= 11 is 0. The Labute approximate surface area is 156 Å². The van der Waals surface area contributed by atoms with E-state index in [1.165, 1.54) is 13.2 Å². The van der Waals surface area contributed by atoms with Crippen LogP contribution in [0.25, 0.3) is 0 Å². The zero-order valence-corrected chi connectivity index (χ0v) is 15.2. The van der Waals surface area contributed by atoms with Crippen LogP contribution in [-0.4, -0.2) is 24.0 Å². The van der Waals surface area contributed by atoms with E-state index in [1.54, 1.807) is 24.3 Å². The first-order valence-corrected chi connectivity index (χ1v) is 8.55. The lowest BCUT2D eigenvalue weighted by Crippen LogP contribution is -2.21. The van der Waals surface area contributed by atoms with E-state index in [-0.39, 0.29) is 29.8 Å². The topological polar surface area (TPSA) is 82.1 Å². The molecular weight excluding hydrogens is 348 g/mol. The number of rotatable bonds is 2. The molecule has 27 heavy (non-hydrogen) atoms. The van der Waals surface area contributed by atoms with E-state index in [0.29, 0.717) is 34.1 Å². The lowest BCUT2D eigenvalue weighted by Gasteiger charge is -2.26. The number of carbonyl (C=O) groups is 2. The maximum atomic E-state index is 12.6. The van der Waals surface area contributed by atoms with Crippen molar-refractivity contribution in [3.05, 3.63) is 58.4 Å². The maximum Gasteiger partial charge on any atom is 0.312 e. The predicted molar refractivity (Wildman–Crippen MR) is 96.5 cm³/mol. The average molecular weight is 366 g/mol. The van der Waals surface area contributed by atoms with Gasteiger partial charge in [-0.25, -0.2) is 0 Å². The fourth-order valence-electron chi connectivity index (χ4n) is 3.52. The number of phenolic OH excluding ortho intramolecular Hbond substituents is 1. The Morgan fingerprint density at radius 1 is 1.15 bits per heavy atom. The van der Waals surface area contributed by atoms with E-state index in [0.717, 1.165) is 11.1 Å². The molecule has 2 aliphatic heterocycles. The maximum absolute atomic E-state index is 12.6. The summed E-state index contributed by atoms with van der Waals surface area (Å²) < 4.78 is 16.5. The molecule has 2 aromatic rings. The van der Waals surface area contributed by atoms with Gasteiger partial charge >= 0.3 is 5.97 Å². The van der Waals surface area contributed by atoms with Crippen LogP contribution in [0.15, 0.2) is 41.7 Å². The van der Waals surface area contributed by atoms with Gasteiger partial charge in [0.15, 0.2) is 17.3 Å². The molecule has 0 fully saturated rings. The number of hydrogen-bond donors (Lipinski definition) is 1. The van der Waals surface area contributed by atoms with Crippen molar-refractivity contribution in [2.24, 2.45) is 0 Å². The van der Waals surface area contributed by atoms with Gasteiger partial charge in [-0.2, -0.15) is 0 Å². The molecule has 6 heteroatoms. The Morgan fingerprint density at radius 3 is 2.63 bits per heavy atom. The summed E-state index contributed by atoms with van der Waals surface area (Å²) in [7, 11) is 1.46. The van der Waals surface area contributed by atoms with Gasteiger partial charge in [0.2, 0.25) is 5.78 Å². The van der Waals surface area contributed by atoms with Crippen molar-refractivity contribution in [1.29, 1.82) is 0 Å². The first kappa shape index (κ1) is 17.1. The van der Waals surface area contributed by atoms with Gasteiger partial charge in [0.1, 0.15) is 11.5 Å². The van der Waals surface area contributed by atoms with E-state index in [1.807, 2.05) is 13.8 Å². The number of ether oxygens (including phenoxy) is 3. The number of esters is 1. The lowest BCUT2D eigenvalue weighted by molar-refractivity contribution is -0.135. The second-order valence-electron chi connectivity index (χ2n) is 6.78. The number of allylic oxidation sites excluding steroid dienone is 2. The normalized spacial score (nSPS) is 17.7. The van der Waals surface area contributed by atoms with Crippen molar-refractivity contribution in [3.8, 4) is 23.0 Å². The Kier molecular flexibility index (Phi) is 3.91. The van der Waals surface area contributed by atoms with Crippen molar-refractivity contribution >= 4 is 11.8 Å². The highest BCUT2D eigenvalue weighted by Gasteiger charge is 2.38. The summed E-state index contributed by atoms with van der Waals surface area (Å²) in [5.74, 6) is 0.507. The van der Waals surface area contributed by atoms with E-state index < -0.39 is 0 Å². The van der Waals surface area contributed by atoms with Gasteiger partial charge in [-0.1, -0.05) is 6.07 Å². The smallest absolute Gasteiger partial charge is 0.312 e. The number of hydrogen-bond acceptors (Lipinski definition) is 6. The van der Waals surface area contributed by atoms with Crippen LogP contribution in [0.2, 0.25) is 0 Å². The van der Waals surface area contributed by atoms with Crippen LogP contribution in [0, 0.1) is 0 Å². The van der Waals surface area contributed by atoms with Crippen molar-refractivity contribution in [3.63, 3.8) is 0 Å². The number of Topliss-reactive ketones (excluding diaryl/α,β-unsaturated/α-hetero) is 1. The van der Waals surface area contributed by atoms with Crippen LogP contribution in [0.5, 0.6) is 23.0 Å². The van der Waals surface area contributed by atoms with E-state index in [4.69, 9.17) is 14.2 Å². The molecule has 0 saturated carbocycles. The van der Waals surface area contributed by atoms with Crippen LogP contribution in [0.4, 0.5) is 0 Å². The van der Waals surface area contributed by atoms with Crippen LogP contribution >= 0.6 is 0 Å². The van der Waals surface area contributed by atoms with Gasteiger partial charge in [-0.15, -0.1) is 0 Å². The number of benzene rings is 2. The fraction of sp³-hybridized carbons (Fsp3) is 0.238. The Morgan fingerprint density at radius 2 is 1.93 bits per heavy atom.